The van der Waals surface area contributed by atoms with Crippen molar-refractivity contribution < 1.29 is 4.79 Å². The molecule has 0 aliphatic carbocycles. The summed E-state index contributed by atoms with van der Waals surface area (Å²) in [6, 6.07) is 8.33. The van der Waals surface area contributed by atoms with Crippen molar-refractivity contribution in [2.45, 2.75) is 0 Å². The van der Waals surface area contributed by atoms with E-state index in [-0.39, 0.29) is 5.91 Å². The molecule has 0 saturated carbocycles. The summed E-state index contributed by atoms with van der Waals surface area (Å²) in [7, 11) is 3.80. The van der Waals surface area contributed by atoms with E-state index < -0.39 is 0 Å². The third kappa shape index (κ3) is 3.39. The lowest BCUT2D eigenvalue weighted by Crippen LogP contribution is -2.14. The van der Waals surface area contributed by atoms with Crippen LogP contribution in [0.5, 0.6) is 0 Å². The Labute approximate surface area is 122 Å². The lowest BCUT2D eigenvalue weighted by atomic mass is 10.2. The summed E-state index contributed by atoms with van der Waals surface area (Å²) in [6.07, 6.45) is 1.60. The minimum atomic E-state index is -0.279. The second-order valence-electron chi connectivity index (χ2n) is 4.53. The molecule has 5 nitrogen and oxygen atoms in total. The molecular formula is C14H15ClN4O. The van der Waals surface area contributed by atoms with Crippen molar-refractivity contribution in [3.05, 3.63) is 47.1 Å². The number of carbonyl (C=O) groups is 1. The van der Waals surface area contributed by atoms with Crippen molar-refractivity contribution in [1.82, 2.24) is 4.98 Å². The maximum atomic E-state index is 12.1. The summed E-state index contributed by atoms with van der Waals surface area (Å²) < 4.78 is 0. The van der Waals surface area contributed by atoms with Crippen molar-refractivity contribution in [2.75, 3.05) is 30.0 Å². The molecule has 0 radical (unpaired) electrons. The van der Waals surface area contributed by atoms with Crippen LogP contribution in [0.15, 0.2) is 36.5 Å². The van der Waals surface area contributed by atoms with Gasteiger partial charge in [-0.05, 0) is 30.3 Å². The van der Waals surface area contributed by atoms with Gasteiger partial charge in [-0.2, -0.15) is 0 Å². The number of nitrogens with two attached hydrogens (primary N) is 1. The lowest BCUT2D eigenvalue weighted by molar-refractivity contribution is 0.102. The molecule has 1 aromatic carbocycles. The summed E-state index contributed by atoms with van der Waals surface area (Å²) in [5.41, 5.74) is 7.13. The van der Waals surface area contributed by atoms with E-state index in [0.29, 0.717) is 22.0 Å². The highest BCUT2D eigenvalue weighted by atomic mass is 35.5. The van der Waals surface area contributed by atoms with Gasteiger partial charge in [-0.25, -0.2) is 4.98 Å². The Morgan fingerprint density at radius 2 is 2.05 bits per heavy atom. The van der Waals surface area contributed by atoms with Gasteiger partial charge in [0.15, 0.2) is 0 Å². The van der Waals surface area contributed by atoms with Crippen LogP contribution in [-0.2, 0) is 0 Å². The Hall–Kier alpha value is -2.27. The first-order chi connectivity index (χ1) is 9.45. The number of nitrogens with zero attached hydrogens (tertiary/aromatic N) is 2. The highest BCUT2D eigenvalue weighted by Gasteiger charge is 2.08. The van der Waals surface area contributed by atoms with Crippen molar-refractivity contribution in [3.63, 3.8) is 0 Å². The molecule has 1 heterocycles. The molecule has 0 aliphatic rings. The van der Waals surface area contributed by atoms with E-state index in [2.05, 4.69) is 10.3 Å². The number of amides is 1. The van der Waals surface area contributed by atoms with E-state index in [9.17, 15) is 4.79 Å². The number of pyridine rings is 1. The molecule has 2 aromatic rings. The van der Waals surface area contributed by atoms with Gasteiger partial charge in [0.1, 0.15) is 5.82 Å². The summed E-state index contributed by atoms with van der Waals surface area (Å²) in [4.78, 5) is 18.2. The standard InChI is InChI=1S/C14H15ClN4O/c1-19(2)13-4-3-12(8-17-13)18-14(20)9-5-10(15)7-11(16)6-9/h3-8H,16H2,1-2H3,(H,18,20). The van der Waals surface area contributed by atoms with E-state index in [1.807, 2.05) is 25.1 Å². The Morgan fingerprint density at radius 3 is 2.60 bits per heavy atom. The summed E-state index contributed by atoms with van der Waals surface area (Å²) in [5, 5.41) is 3.17. The van der Waals surface area contributed by atoms with E-state index in [4.69, 9.17) is 17.3 Å². The highest BCUT2D eigenvalue weighted by Crippen LogP contribution is 2.18. The largest absolute Gasteiger partial charge is 0.399 e. The molecule has 3 N–H and O–H groups in total. The van der Waals surface area contributed by atoms with Crippen LogP contribution < -0.4 is 16.0 Å². The first kappa shape index (κ1) is 14.1. The fourth-order valence-corrected chi connectivity index (χ4v) is 1.91. The molecule has 2 rings (SSSR count). The molecule has 0 bridgehead atoms. The molecule has 0 spiro atoms. The van der Waals surface area contributed by atoms with Gasteiger partial charge in [0.25, 0.3) is 5.91 Å². The van der Waals surface area contributed by atoms with Gasteiger partial charge in [0.2, 0.25) is 0 Å². The zero-order chi connectivity index (χ0) is 14.7. The van der Waals surface area contributed by atoms with Crippen molar-refractivity contribution in [1.29, 1.82) is 0 Å². The minimum absolute atomic E-state index is 0.279. The average Bonchev–Trinajstić information content (AvgIpc) is 2.38. The number of carbonyl (C=O) groups excluding carboxylic acids is 1. The van der Waals surface area contributed by atoms with E-state index >= 15 is 0 Å². The smallest absolute Gasteiger partial charge is 0.255 e. The first-order valence-electron chi connectivity index (χ1n) is 5.96. The number of anilines is 3. The van der Waals surface area contributed by atoms with Gasteiger partial charge in [0.05, 0.1) is 11.9 Å². The highest BCUT2D eigenvalue weighted by molar-refractivity contribution is 6.31. The van der Waals surface area contributed by atoms with Crippen LogP contribution in [0.1, 0.15) is 10.4 Å². The number of hydrogen-bond donors (Lipinski definition) is 2. The Bertz CT molecular complexity index is 605. The normalized spacial score (nSPS) is 10.2. The van der Waals surface area contributed by atoms with Crippen LogP contribution in [0.2, 0.25) is 5.02 Å². The van der Waals surface area contributed by atoms with E-state index in [0.717, 1.165) is 5.82 Å². The minimum Gasteiger partial charge on any atom is -0.399 e. The van der Waals surface area contributed by atoms with Gasteiger partial charge < -0.3 is 16.0 Å². The molecule has 20 heavy (non-hydrogen) atoms. The Balaban J connectivity index is 2.14. The molecule has 0 saturated heterocycles. The summed E-state index contributed by atoms with van der Waals surface area (Å²) in [6.45, 7) is 0. The molecule has 0 atom stereocenters. The fraction of sp³-hybridized carbons (Fsp3) is 0.143. The molecule has 6 heteroatoms. The number of rotatable bonds is 3. The van der Waals surface area contributed by atoms with E-state index in [1.54, 1.807) is 30.5 Å². The third-order valence-corrected chi connectivity index (χ3v) is 2.86. The van der Waals surface area contributed by atoms with Crippen molar-refractivity contribution >= 4 is 34.7 Å². The molecule has 104 valence electrons. The first-order valence-corrected chi connectivity index (χ1v) is 6.34. The third-order valence-electron chi connectivity index (χ3n) is 2.65. The van der Waals surface area contributed by atoms with Crippen LogP contribution in [0.3, 0.4) is 0 Å². The number of aromatic nitrogens is 1. The van der Waals surface area contributed by atoms with Crippen molar-refractivity contribution in [2.24, 2.45) is 0 Å². The maximum absolute atomic E-state index is 12.1. The molecule has 1 aromatic heterocycles. The number of benzene rings is 1. The summed E-state index contributed by atoms with van der Waals surface area (Å²) in [5.74, 6) is 0.536. The molecule has 0 fully saturated rings. The van der Waals surface area contributed by atoms with Crippen LogP contribution >= 0.6 is 11.6 Å². The van der Waals surface area contributed by atoms with Crippen LogP contribution in [0, 0.1) is 0 Å². The average molecular weight is 291 g/mol. The van der Waals surface area contributed by atoms with Gasteiger partial charge in [-0.1, -0.05) is 11.6 Å². The second-order valence-corrected chi connectivity index (χ2v) is 4.96. The number of nitrogens with one attached hydrogen (secondary N) is 1. The fourth-order valence-electron chi connectivity index (χ4n) is 1.67. The van der Waals surface area contributed by atoms with Gasteiger partial charge in [0, 0.05) is 30.4 Å². The zero-order valence-electron chi connectivity index (χ0n) is 11.2. The quantitative estimate of drug-likeness (QED) is 0.853. The van der Waals surface area contributed by atoms with Gasteiger partial charge in [-0.15, -0.1) is 0 Å². The maximum Gasteiger partial charge on any atom is 0.255 e. The molecule has 1 amide bonds. The van der Waals surface area contributed by atoms with E-state index in [1.165, 1.54) is 0 Å². The predicted octanol–water partition coefficient (Wildman–Crippen LogP) is 2.64. The molecule has 0 unspecified atom stereocenters. The van der Waals surface area contributed by atoms with Crippen LogP contribution in [-0.4, -0.2) is 25.0 Å². The van der Waals surface area contributed by atoms with Crippen LogP contribution in [0.25, 0.3) is 0 Å². The SMILES string of the molecule is CN(C)c1ccc(NC(=O)c2cc(N)cc(Cl)c2)cn1. The lowest BCUT2D eigenvalue weighted by Gasteiger charge is -2.11. The molecular weight excluding hydrogens is 276 g/mol. The van der Waals surface area contributed by atoms with Crippen LogP contribution in [0.4, 0.5) is 17.2 Å². The van der Waals surface area contributed by atoms with Gasteiger partial charge >= 0.3 is 0 Å². The number of halogens is 1. The van der Waals surface area contributed by atoms with Crippen molar-refractivity contribution in [3.8, 4) is 0 Å². The molecule has 0 aliphatic heterocycles. The number of hydrogen-bond acceptors (Lipinski definition) is 4. The summed E-state index contributed by atoms with van der Waals surface area (Å²) >= 11 is 5.87. The Kier molecular flexibility index (Phi) is 4.10. The predicted molar refractivity (Wildman–Crippen MR) is 82.4 cm³/mol. The number of nitrogen functional groups attached to an aromatic ring is 1. The monoisotopic (exact) mass is 290 g/mol. The Morgan fingerprint density at radius 1 is 1.30 bits per heavy atom. The topological polar surface area (TPSA) is 71.2 Å². The van der Waals surface area contributed by atoms with Gasteiger partial charge in [-0.3, -0.25) is 4.79 Å². The second kappa shape index (κ2) is 5.79. The zero-order valence-corrected chi connectivity index (χ0v) is 12.0.